The summed E-state index contributed by atoms with van der Waals surface area (Å²) in [5.74, 6) is 2.15. The third-order valence-electron chi connectivity index (χ3n) is 7.00. The van der Waals surface area contributed by atoms with Crippen LogP contribution in [0.3, 0.4) is 0 Å². The third kappa shape index (κ3) is 5.96. The van der Waals surface area contributed by atoms with Gasteiger partial charge < -0.3 is 14.4 Å². The van der Waals surface area contributed by atoms with Gasteiger partial charge in [-0.3, -0.25) is 0 Å². The summed E-state index contributed by atoms with van der Waals surface area (Å²) in [4.78, 5) is 2.53. The van der Waals surface area contributed by atoms with Crippen LogP contribution in [-0.2, 0) is 11.8 Å². The zero-order valence-corrected chi connectivity index (χ0v) is 21.5. The lowest BCUT2D eigenvalue weighted by Gasteiger charge is -2.39. The monoisotopic (exact) mass is 488 g/mol. The van der Waals surface area contributed by atoms with E-state index in [1.54, 1.807) is 14.2 Å². The van der Waals surface area contributed by atoms with E-state index in [0.717, 1.165) is 62.4 Å². The number of halogens is 2. The fourth-order valence-electron chi connectivity index (χ4n) is 5.00. The van der Waals surface area contributed by atoms with Gasteiger partial charge in [-0.25, -0.2) is 0 Å². The zero-order chi connectivity index (χ0) is 24.0. The molecule has 2 aromatic rings. The molecule has 2 unspecified atom stereocenters. The Balaban J connectivity index is 1.69. The molecule has 2 atom stereocenters. The molecule has 4 nitrogen and oxygen atoms in total. The van der Waals surface area contributed by atoms with Gasteiger partial charge in [-0.05, 0) is 79.5 Å². The van der Waals surface area contributed by atoms with E-state index in [1.807, 2.05) is 24.3 Å². The molecule has 0 N–H and O–H groups in total. The van der Waals surface area contributed by atoms with Crippen molar-refractivity contribution in [1.29, 1.82) is 5.26 Å². The molecular formula is C27H34Cl2N2O2. The average Bonchev–Trinajstić information content (AvgIpc) is 2.82. The largest absolute Gasteiger partial charge is 0.493 e. The molecule has 1 saturated heterocycles. The quantitative estimate of drug-likeness (QED) is 0.390. The van der Waals surface area contributed by atoms with Gasteiger partial charge in [0.25, 0.3) is 0 Å². The Morgan fingerprint density at radius 2 is 1.85 bits per heavy atom. The molecule has 1 heterocycles. The minimum absolute atomic E-state index is 0.168. The Kier molecular flexibility index (Phi) is 8.93. The van der Waals surface area contributed by atoms with Crippen LogP contribution in [0.1, 0.15) is 44.2 Å². The van der Waals surface area contributed by atoms with Crippen molar-refractivity contribution in [2.45, 2.75) is 44.9 Å². The topological polar surface area (TPSA) is 45.5 Å². The number of likely N-dealkylation sites (tertiary alicyclic amines) is 1. The van der Waals surface area contributed by atoms with Gasteiger partial charge >= 0.3 is 0 Å². The lowest BCUT2D eigenvalue weighted by Crippen LogP contribution is -2.41. The number of benzene rings is 2. The fourth-order valence-corrected chi connectivity index (χ4v) is 5.30. The van der Waals surface area contributed by atoms with Crippen LogP contribution < -0.4 is 9.47 Å². The standard InChI is InChI=1S/C27H34Cl2N2O2/c1-19(2)27(18-30,22-8-9-23(28)24(29)15-22)16-21-6-5-12-31(17-21)13-11-20-7-10-25(32-3)26(14-20)33-4/h7-10,14-15,19,21H,5-6,11-13,16-17H2,1-4H3. The molecule has 1 fully saturated rings. The molecule has 0 amide bonds. The molecule has 6 heteroatoms. The summed E-state index contributed by atoms with van der Waals surface area (Å²) >= 11 is 12.5. The minimum atomic E-state index is -0.578. The summed E-state index contributed by atoms with van der Waals surface area (Å²) in [6.07, 6.45) is 4.07. The van der Waals surface area contributed by atoms with Gasteiger partial charge in [-0.1, -0.05) is 49.2 Å². The van der Waals surface area contributed by atoms with Crippen LogP contribution in [0.15, 0.2) is 36.4 Å². The van der Waals surface area contributed by atoms with Crippen molar-refractivity contribution in [1.82, 2.24) is 4.90 Å². The summed E-state index contributed by atoms with van der Waals surface area (Å²) in [5.41, 5.74) is 1.63. The maximum Gasteiger partial charge on any atom is 0.160 e. The third-order valence-corrected chi connectivity index (χ3v) is 7.74. The second-order valence-corrected chi connectivity index (χ2v) is 10.1. The van der Waals surface area contributed by atoms with Gasteiger partial charge in [-0.15, -0.1) is 0 Å². The molecule has 33 heavy (non-hydrogen) atoms. The van der Waals surface area contributed by atoms with Crippen LogP contribution in [0.2, 0.25) is 10.0 Å². The number of rotatable bonds is 9. The Bertz CT molecular complexity index is 989. The molecule has 178 valence electrons. The highest BCUT2D eigenvalue weighted by Gasteiger charge is 2.39. The number of methoxy groups -OCH3 is 2. The molecule has 0 aliphatic carbocycles. The summed E-state index contributed by atoms with van der Waals surface area (Å²) in [5, 5.41) is 11.4. The van der Waals surface area contributed by atoms with Crippen LogP contribution >= 0.6 is 23.2 Å². The summed E-state index contributed by atoms with van der Waals surface area (Å²) in [7, 11) is 3.32. The van der Waals surface area contributed by atoms with E-state index in [0.29, 0.717) is 16.0 Å². The second kappa shape index (κ2) is 11.5. The first-order valence-electron chi connectivity index (χ1n) is 11.6. The van der Waals surface area contributed by atoms with E-state index >= 15 is 0 Å². The predicted octanol–water partition coefficient (Wildman–Crippen LogP) is 6.77. The summed E-state index contributed by atoms with van der Waals surface area (Å²) < 4.78 is 10.8. The summed E-state index contributed by atoms with van der Waals surface area (Å²) in [6.45, 7) is 7.34. The highest BCUT2D eigenvalue weighted by atomic mass is 35.5. The first-order chi connectivity index (χ1) is 15.8. The highest BCUT2D eigenvalue weighted by Crippen LogP contribution is 2.42. The van der Waals surface area contributed by atoms with E-state index in [1.165, 1.54) is 5.56 Å². The summed E-state index contributed by atoms with van der Waals surface area (Å²) in [6, 6.07) is 14.5. The van der Waals surface area contributed by atoms with Crippen molar-refractivity contribution in [3.63, 3.8) is 0 Å². The van der Waals surface area contributed by atoms with Gasteiger partial charge in [0.1, 0.15) is 0 Å². The maximum absolute atomic E-state index is 10.3. The minimum Gasteiger partial charge on any atom is -0.493 e. The Morgan fingerprint density at radius 3 is 2.48 bits per heavy atom. The van der Waals surface area contributed by atoms with E-state index in [9.17, 15) is 5.26 Å². The van der Waals surface area contributed by atoms with Crippen molar-refractivity contribution in [3.8, 4) is 17.6 Å². The van der Waals surface area contributed by atoms with E-state index < -0.39 is 5.41 Å². The van der Waals surface area contributed by atoms with Crippen LogP contribution in [0.4, 0.5) is 0 Å². The molecular weight excluding hydrogens is 455 g/mol. The smallest absolute Gasteiger partial charge is 0.160 e. The molecule has 1 aliphatic heterocycles. The molecule has 0 bridgehead atoms. The SMILES string of the molecule is COc1ccc(CCN2CCCC(CC(C#N)(c3ccc(Cl)c(Cl)c3)C(C)C)C2)cc1OC. The zero-order valence-electron chi connectivity index (χ0n) is 20.0. The van der Waals surface area contributed by atoms with Crippen LogP contribution in [0.25, 0.3) is 0 Å². The fraction of sp³-hybridized carbons (Fsp3) is 0.519. The number of hydrogen-bond donors (Lipinski definition) is 0. The van der Waals surface area contributed by atoms with E-state index in [-0.39, 0.29) is 5.92 Å². The van der Waals surface area contributed by atoms with E-state index in [4.69, 9.17) is 32.7 Å². The van der Waals surface area contributed by atoms with Crippen molar-refractivity contribution in [2.24, 2.45) is 11.8 Å². The molecule has 2 aromatic carbocycles. The first-order valence-corrected chi connectivity index (χ1v) is 12.4. The second-order valence-electron chi connectivity index (χ2n) is 9.32. The van der Waals surface area contributed by atoms with Gasteiger partial charge in [0, 0.05) is 13.1 Å². The number of ether oxygens (including phenoxy) is 2. The van der Waals surface area contributed by atoms with Crippen LogP contribution in [0.5, 0.6) is 11.5 Å². The van der Waals surface area contributed by atoms with Crippen molar-refractivity contribution in [3.05, 3.63) is 57.6 Å². The Labute approximate surface area is 208 Å². The average molecular weight is 489 g/mol. The van der Waals surface area contributed by atoms with Gasteiger partial charge in [0.15, 0.2) is 11.5 Å². The Hall–Kier alpha value is -1.93. The van der Waals surface area contributed by atoms with Gasteiger partial charge in [0.2, 0.25) is 0 Å². The molecule has 0 aromatic heterocycles. The van der Waals surface area contributed by atoms with Gasteiger partial charge in [-0.2, -0.15) is 5.26 Å². The van der Waals surface area contributed by atoms with Crippen LogP contribution in [0, 0.1) is 23.2 Å². The number of hydrogen-bond acceptors (Lipinski definition) is 4. The van der Waals surface area contributed by atoms with Crippen molar-refractivity contribution in [2.75, 3.05) is 33.9 Å². The molecule has 0 saturated carbocycles. The number of nitriles is 1. The first kappa shape index (κ1) is 25.7. The van der Waals surface area contributed by atoms with Crippen molar-refractivity contribution >= 4 is 23.2 Å². The molecule has 3 rings (SSSR count). The van der Waals surface area contributed by atoms with Crippen LogP contribution in [-0.4, -0.2) is 38.8 Å². The lowest BCUT2D eigenvalue weighted by atomic mass is 9.66. The molecule has 0 radical (unpaired) electrons. The molecule has 1 aliphatic rings. The number of nitrogens with zero attached hydrogens (tertiary/aromatic N) is 2. The van der Waals surface area contributed by atoms with E-state index in [2.05, 4.69) is 36.9 Å². The van der Waals surface area contributed by atoms with Gasteiger partial charge in [0.05, 0.1) is 35.7 Å². The highest BCUT2D eigenvalue weighted by molar-refractivity contribution is 6.42. The lowest BCUT2D eigenvalue weighted by molar-refractivity contribution is 0.148. The Morgan fingerprint density at radius 1 is 1.09 bits per heavy atom. The normalized spacial score (nSPS) is 18.5. The predicted molar refractivity (Wildman–Crippen MR) is 136 cm³/mol. The van der Waals surface area contributed by atoms with Crippen molar-refractivity contribution < 1.29 is 9.47 Å². The molecule has 0 spiro atoms. The number of piperidine rings is 1. The maximum atomic E-state index is 10.3.